The number of pyridine rings is 1. The average Bonchev–Trinajstić information content (AvgIpc) is 2.99. The number of aliphatic hydroxyl groups excluding tert-OH is 1. The lowest BCUT2D eigenvalue weighted by Gasteiger charge is -2.41. The number of aliphatic hydroxyl groups is 1. The molecule has 42 heavy (non-hydrogen) atoms. The third-order valence-corrected chi connectivity index (χ3v) is 7.74. The summed E-state index contributed by atoms with van der Waals surface area (Å²) in [7, 11) is 3.16. The number of aromatic nitrogens is 1. The predicted molar refractivity (Wildman–Crippen MR) is 164 cm³/mol. The molecule has 3 atom stereocenters. The van der Waals surface area contributed by atoms with Crippen LogP contribution >= 0.6 is 0 Å². The molecule has 4 N–H and O–H groups in total. The van der Waals surface area contributed by atoms with Crippen LogP contribution in [-0.2, 0) is 22.6 Å². The van der Waals surface area contributed by atoms with E-state index in [-0.39, 0.29) is 25.3 Å². The summed E-state index contributed by atoms with van der Waals surface area (Å²) in [6.07, 6.45) is 4.69. The number of primary amides is 1. The second kappa shape index (κ2) is 15.5. The Morgan fingerprint density at radius 1 is 1.12 bits per heavy atom. The summed E-state index contributed by atoms with van der Waals surface area (Å²) in [5.41, 5.74) is 7.81. The van der Waals surface area contributed by atoms with Gasteiger partial charge in [0.1, 0.15) is 5.75 Å². The highest BCUT2D eigenvalue weighted by Gasteiger charge is 2.48. The van der Waals surface area contributed by atoms with Gasteiger partial charge in [-0.15, -0.1) is 0 Å². The second-order valence-electron chi connectivity index (χ2n) is 11.0. The van der Waals surface area contributed by atoms with Gasteiger partial charge in [0.25, 0.3) is 0 Å². The fraction of sp³-hybridized carbons (Fsp3) is 0.485. The van der Waals surface area contributed by atoms with Crippen LogP contribution in [0.4, 0.5) is 0 Å². The molecule has 1 aliphatic carbocycles. The molecule has 9 heteroatoms. The van der Waals surface area contributed by atoms with E-state index in [2.05, 4.69) is 10.3 Å². The van der Waals surface area contributed by atoms with E-state index >= 15 is 0 Å². The van der Waals surface area contributed by atoms with Crippen LogP contribution in [0.3, 0.4) is 0 Å². The molecule has 0 spiro atoms. The summed E-state index contributed by atoms with van der Waals surface area (Å²) in [5.74, 6) is -0.176. The van der Waals surface area contributed by atoms with Crippen molar-refractivity contribution in [3.8, 4) is 11.6 Å². The number of ether oxygens (including phenoxy) is 2. The van der Waals surface area contributed by atoms with E-state index in [9.17, 15) is 14.7 Å². The van der Waals surface area contributed by atoms with Crippen molar-refractivity contribution in [2.45, 2.75) is 59.1 Å². The lowest BCUT2D eigenvalue weighted by molar-refractivity contribution is -0.132. The molecule has 2 amide bonds. The molecule has 9 nitrogen and oxygen atoms in total. The van der Waals surface area contributed by atoms with Crippen molar-refractivity contribution in [3.05, 3.63) is 77.0 Å². The number of nitrogens with one attached hydrogen (secondary N) is 1. The van der Waals surface area contributed by atoms with E-state index in [1.54, 1.807) is 20.3 Å². The van der Waals surface area contributed by atoms with Crippen LogP contribution in [-0.4, -0.2) is 66.8 Å². The second-order valence-corrected chi connectivity index (χ2v) is 11.0. The Hall–Kier alpha value is -3.69. The van der Waals surface area contributed by atoms with Gasteiger partial charge in [-0.2, -0.15) is 0 Å². The van der Waals surface area contributed by atoms with Crippen molar-refractivity contribution < 1.29 is 24.2 Å². The topological polar surface area (TPSA) is 127 Å². The Morgan fingerprint density at radius 2 is 1.83 bits per heavy atom. The maximum atomic E-state index is 13.7. The van der Waals surface area contributed by atoms with E-state index in [4.69, 9.17) is 15.2 Å². The average molecular weight is 579 g/mol. The number of hydrogen-bond donors (Lipinski definition) is 3. The van der Waals surface area contributed by atoms with E-state index in [1.165, 1.54) is 0 Å². The van der Waals surface area contributed by atoms with Gasteiger partial charge in [0.2, 0.25) is 17.7 Å². The van der Waals surface area contributed by atoms with Gasteiger partial charge in [0, 0.05) is 49.4 Å². The third kappa shape index (κ3) is 8.20. The standard InChI is InChI=1S/C33H46N4O5/c1-6-14-37(15-7-2)31(39)25-16-23(3)19-33(20-25,32(34)40)28(18-26-11-9-13-30(36-26)42-5)29(38)22-35-21-24-10-8-12-27(17-24)41-4/h8-13,16-17,19,28-29,35,38H,6-7,14-15,18,20-22H2,1-5H3,(H2,34,40)/t28-,29+,33?/m1/s1. The van der Waals surface area contributed by atoms with Crippen LogP contribution in [0.15, 0.2) is 65.8 Å². The van der Waals surface area contributed by atoms with Crippen LogP contribution in [0.5, 0.6) is 11.6 Å². The number of carbonyl (C=O) groups excluding carboxylic acids is 2. The van der Waals surface area contributed by atoms with Gasteiger partial charge in [-0.25, -0.2) is 4.98 Å². The van der Waals surface area contributed by atoms with Crippen LogP contribution in [0, 0.1) is 11.3 Å². The molecule has 3 rings (SSSR count). The molecule has 0 saturated carbocycles. The maximum absolute atomic E-state index is 13.7. The fourth-order valence-electron chi connectivity index (χ4n) is 5.78. The highest BCUT2D eigenvalue weighted by atomic mass is 16.5. The summed E-state index contributed by atoms with van der Waals surface area (Å²) in [5, 5.41) is 15.1. The molecule has 1 heterocycles. The number of benzene rings is 1. The maximum Gasteiger partial charge on any atom is 0.249 e. The molecule has 0 radical (unpaired) electrons. The minimum absolute atomic E-state index is 0.0966. The zero-order valence-electron chi connectivity index (χ0n) is 25.6. The number of nitrogens with zero attached hydrogens (tertiary/aromatic N) is 2. The SMILES string of the molecule is CCCN(CCC)C(=O)C1=CC(C)=CC(C(N)=O)([C@H](Cc2cccc(OC)n2)[C@@H](O)CNCc2cccc(OC)c2)C1. The Morgan fingerprint density at radius 3 is 2.48 bits per heavy atom. The molecular formula is C33H46N4O5. The van der Waals surface area contributed by atoms with Gasteiger partial charge in [-0.1, -0.05) is 49.8 Å². The quantitative estimate of drug-likeness (QED) is 0.277. The van der Waals surface area contributed by atoms with Gasteiger partial charge in [0.15, 0.2) is 0 Å². The first-order valence-corrected chi connectivity index (χ1v) is 14.7. The van der Waals surface area contributed by atoms with Crippen molar-refractivity contribution in [3.63, 3.8) is 0 Å². The van der Waals surface area contributed by atoms with Crippen molar-refractivity contribution in [2.75, 3.05) is 33.9 Å². The molecule has 0 saturated heterocycles. The summed E-state index contributed by atoms with van der Waals surface area (Å²) in [6, 6.07) is 13.1. The third-order valence-electron chi connectivity index (χ3n) is 7.74. The fourth-order valence-corrected chi connectivity index (χ4v) is 5.78. The first kappa shape index (κ1) is 32.8. The van der Waals surface area contributed by atoms with Gasteiger partial charge in [-0.3, -0.25) is 9.59 Å². The summed E-state index contributed by atoms with van der Waals surface area (Å²) >= 11 is 0. The van der Waals surface area contributed by atoms with Gasteiger partial charge < -0.3 is 30.5 Å². The molecule has 0 aliphatic heterocycles. The van der Waals surface area contributed by atoms with Crippen molar-refractivity contribution in [1.82, 2.24) is 15.2 Å². The Balaban J connectivity index is 1.96. The summed E-state index contributed by atoms with van der Waals surface area (Å²) in [4.78, 5) is 33.6. The lowest BCUT2D eigenvalue weighted by Crippen LogP contribution is -2.51. The van der Waals surface area contributed by atoms with Crippen LogP contribution in [0.2, 0.25) is 0 Å². The number of hydrogen-bond acceptors (Lipinski definition) is 7. The van der Waals surface area contributed by atoms with Crippen LogP contribution in [0.25, 0.3) is 0 Å². The minimum Gasteiger partial charge on any atom is -0.497 e. The van der Waals surface area contributed by atoms with Crippen LogP contribution in [0.1, 0.15) is 51.3 Å². The van der Waals surface area contributed by atoms with Crippen molar-refractivity contribution >= 4 is 11.8 Å². The molecule has 0 bridgehead atoms. The van der Waals surface area contributed by atoms with E-state index in [0.29, 0.717) is 36.8 Å². The first-order valence-electron chi connectivity index (χ1n) is 14.7. The smallest absolute Gasteiger partial charge is 0.249 e. The first-order chi connectivity index (χ1) is 20.2. The number of rotatable bonds is 16. The molecule has 1 unspecified atom stereocenters. The number of amides is 2. The van der Waals surface area contributed by atoms with Gasteiger partial charge in [0.05, 0.1) is 25.7 Å². The molecule has 1 aliphatic rings. The zero-order valence-corrected chi connectivity index (χ0v) is 25.6. The highest BCUT2D eigenvalue weighted by Crippen LogP contribution is 2.44. The Bertz CT molecular complexity index is 1270. The van der Waals surface area contributed by atoms with Gasteiger partial charge in [-0.05, 0) is 56.4 Å². The lowest BCUT2D eigenvalue weighted by atomic mass is 9.63. The number of nitrogens with two attached hydrogens (primary N) is 1. The largest absolute Gasteiger partial charge is 0.497 e. The van der Waals surface area contributed by atoms with Crippen molar-refractivity contribution in [2.24, 2.45) is 17.1 Å². The Labute approximate surface area is 249 Å². The predicted octanol–water partition coefficient (Wildman–Crippen LogP) is 3.80. The van der Waals surface area contributed by atoms with E-state index in [0.717, 1.165) is 29.7 Å². The van der Waals surface area contributed by atoms with Gasteiger partial charge >= 0.3 is 0 Å². The monoisotopic (exact) mass is 578 g/mol. The normalized spacial score (nSPS) is 18.0. The van der Waals surface area contributed by atoms with E-state index in [1.807, 2.05) is 74.2 Å². The summed E-state index contributed by atoms with van der Waals surface area (Å²) in [6.45, 7) is 7.88. The number of allylic oxidation sites excluding steroid dienone is 2. The minimum atomic E-state index is -1.31. The molecule has 1 aromatic heterocycles. The van der Waals surface area contributed by atoms with Crippen LogP contribution < -0.4 is 20.5 Å². The Kier molecular flexibility index (Phi) is 12.1. The summed E-state index contributed by atoms with van der Waals surface area (Å²) < 4.78 is 10.6. The van der Waals surface area contributed by atoms with E-state index < -0.39 is 23.3 Å². The molecule has 228 valence electrons. The molecular weight excluding hydrogens is 532 g/mol. The molecule has 0 fully saturated rings. The van der Waals surface area contributed by atoms with Crippen molar-refractivity contribution in [1.29, 1.82) is 0 Å². The number of carbonyl (C=O) groups is 2. The zero-order chi connectivity index (χ0) is 30.7. The molecule has 1 aromatic carbocycles. The number of methoxy groups -OCH3 is 2. The highest BCUT2D eigenvalue weighted by molar-refractivity contribution is 5.96. The molecule has 2 aromatic rings.